The predicted molar refractivity (Wildman–Crippen MR) is 116 cm³/mol. The molecule has 1 aliphatic heterocycles. The Labute approximate surface area is 173 Å². The molecule has 0 aliphatic carbocycles. The van der Waals surface area contributed by atoms with Crippen LogP contribution in [-0.4, -0.2) is 66.5 Å². The number of benzene rings is 1. The molecule has 1 aromatic carbocycles. The number of nitrogens with zero attached hydrogens (tertiary/aromatic N) is 4. The summed E-state index contributed by atoms with van der Waals surface area (Å²) in [6.45, 7) is 12.2. The van der Waals surface area contributed by atoms with Crippen LogP contribution in [0.15, 0.2) is 30.3 Å². The van der Waals surface area contributed by atoms with Gasteiger partial charge in [0.25, 0.3) is 0 Å². The van der Waals surface area contributed by atoms with E-state index < -0.39 is 0 Å². The number of carbonyl (C=O) groups excluding carboxylic acids is 1. The van der Waals surface area contributed by atoms with E-state index in [9.17, 15) is 4.79 Å². The van der Waals surface area contributed by atoms with Gasteiger partial charge in [-0.2, -0.15) is 5.10 Å². The van der Waals surface area contributed by atoms with Crippen molar-refractivity contribution in [3.63, 3.8) is 0 Å². The highest BCUT2D eigenvalue weighted by Gasteiger charge is 2.21. The van der Waals surface area contributed by atoms with Gasteiger partial charge in [-0.3, -0.25) is 14.4 Å². The number of nitrogens with one attached hydrogen (secondary N) is 1. The maximum Gasteiger partial charge on any atom is 0.234 e. The molecule has 1 fully saturated rings. The lowest BCUT2D eigenvalue weighted by Gasteiger charge is -2.36. The number of para-hydroxylation sites is 2. The van der Waals surface area contributed by atoms with E-state index in [1.807, 2.05) is 36.7 Å². The predicted octanol–water partition coefficient (Wildman–Crippen LogP) is 2.23. The number of carbonyl (C=O) groups is 1. The van der Waals surface area contributed by atoms with E-state index >= 15 is 0 Å². The highest BCUT2D eigenvalue weighted by atomic mass is 16.5. The Kier molecular flexibility index (Phi) is 7.52. The Morgan fingerprint density at radius 3 is 2.62 bits per heavy atom. The second-order valence-corrected chi connectivity index (χ2v) is 7.52. The number of amides is 1. The first-order valence-corrected chi connectivity index (χ1v) is 10.5. The summed E-state index contributed by atoms with van der Waals surface area (Å²) in [6, 6.07) is 10.2. The highest BCUT2D eigenvalue weighted by molar-refractivity contribution is 5.78. The Bertz CT molecular complexity index is 796. The van der Waals surface area contributed by atoms with Crippen LogP contribution in [0.25, 0.3) is 0 Å². The molecule has 0 radical (unpaired) electrons. The molecule has 0 bridgehead atoms. The Morgan fingerprint density at radius 1 is 1.17 bits per heavy atom. The summed E-state index contributed by atoms with van der Waals surface area (Å²) in [7, 11) is 0. The first kappa shape index (κ1) is 21.2. The second-order valence-electron chi connectivity index (χ2n) is 7.52. The summed E-state index contributed by atoms with van der Waals surface area (Å²) in [5, 5.41) is 7.49. The summed E-state index contributed by atoms with van der Waals surface area (Å²) in [5.74, 6) is 1.03. The third-order valence-electron chi connectivity index (χ3n) is 5.22. The molecule has 0 spiro atoms. The van der Waals surface area contributed by atoms with E-state index in [1.165, 1.54) is 0 Å². The van der Waals surface area contributed by atoms with Gasteiger partial charge in [0.05, 0.1) is 24.5 Å². The van der Waals surface area contributed by atoms with Crippen LogP contribution >= 0.6 is 0 Å². The smallest absolute Gasteiger partial charge is 0.234 e. The number of rotatable bonds is 9. The van der Waals surface area contributed by atoms with Crippen molar-refractivity contribution in [3.8, 4) is 5.75 Å². The third kappa shape index (κ3) is 5.97. The molecule has 1 aromatic heterocycles. The minimum Gasteiger partial charge on any atom is -0.492 e. The maximum atomic E-state index is 12.3. The number of hydrogen-bond donors (Lipinski definition) is 1. The van der Waals surface area contributed by atoms with E-state index in [2.05, 4.69) is 39.3 Å². The van der Waals surface area contributed by atoms with Crippen molar-refractivity contribution in [2.45, 2.75) is 33.7 Å². The molecular weight excluding hydrogens is 366 g/mol. The zero-order valence-corrected chi connectivity index (χ0v) is 17.9. The van der Waals surface area contributed by atoms with Crippen LogP contribution < -0.4 is 15.0 Å². The number of aryl methyl sites for hydroxylation is 3. The molecule has 1 saturated heterocycles. The lowest BCUT2D eigenvalue weighted by molar-refractivity contribution is -0.122. The van der Waals surface area contributed by atoms with Crippen LogP contribution in [-0.2, 0) is 11.3 Å². The van der Waals surface area contributed by atoms with Gasteiger partial charge in [0.2, 0.25) is 5.91 Å². The van der Waals surface area contributed by atoms with Gasteiger partial charge in [0.15, 0.2) is 0 Å². The minimum absolute atomic E-state index is 0.0986. The van der Waals surface area contributed by atoms with Gasteiger partial charge in [-0.25, -0.2) is 0 Å². The first-order valence-electron chi connectivity index (χ1n) is 10.5. The molecule has 7 heteroatoms. The normalized spacial score (nSPS) is 14.8. The van der Waals surface area contributed by atoms with Crippen molar-refractivity contribution in [1.82, 2.24) is 20.0 Å². The van der Waals surface area contributed by atoms with Gasteiger partial charge in [-0.15, -0.1) is 0 Å². The number of ether oxygens (including phenoxy) is 1. The van der Waals surface area contributed by atoms with Gasteiger partial charge in [0, 0.05) is 45.0 Å². The number of piperazine rings is 1. The fourth-order valence-electron chi connectivity index (χ4n) is 3.76. The molecule has 0 atom stereocenters. The molecule has 1 N–H and O–H groups in total. The zero-order chi connectivity index (χ0) is 20.6. The monoisotopic (exact) mass is 399 g/mol. The quantitative estimate of drug-likeness (QED) is 0.655. The largest absolute Gasteiger partial charge is 0.492 e. The molecule has 1 amide bonds. The van der Waals surface area contributed by atoms with Gasteiger partial charge in [-0.1, -0.05) is 12.1 Å². The van der Waals surface area contributed by atoms with E-state index in [-0.39, 0.29) is 5.91 Å². The van der Waals surface area contributed by atoms with Crippen molar-refractivity contribution in [2.75, 3.05) is 50.8 Å². The SMILES string of the molecule is CCOc1ccccc1N1CCN(CC(=O)NCCCn2nc(C)cc2C)CC1. The van der Waals surface area contributed by atoms with Crippen LogP contribution in [0.3, 0.4) is 0 Å². The van der Waals surface area contributed by atoms with E-state index in [0.717, 1.165) is 62.0 Å². The molecule has 1 aliphatic rings. The van der Waals surface area contributed by atoms with E-state index in [4.69, 9.17) is 4.74 Å². The van der Waals surface area contributed by atoms with Crippen molar-refractivity contribution < 1.29 is 9.53 Å². The number of anilines is 1. The topological polar surface area (TPSA) is 62.6 Å². The van der Waals surface area contributed by atoms with Crippen molar-refractivity contribution in [1.29, 1.82) is 0 Å². The van der Waals surface area contributed by atoms with Crippen LogP contribution in [0.1, 0.15) is 24.7 Å². The Balaban J connectivity index is 1.37. The molecule has 0 unspecified atom stereocenters. The van der Waals surface area contributed by atoms with Gasteiger partial charge >= 0.3 is 0 Å². The second kappa shape index (κ2) is 10.3. The fourth-order valence-corrected chi connectivity index (χ4v) is 3.76. The molecule has 2 aromatic rings. The Morgan fingerprint density at radius 2 is 1.93 bits per heavy atom. The molecule has 158 valence electrons. The molecule has 29 heavy (non-hydrogen) atoms. The lowest BCUT2D eigenvalue weighted by atomic mass is 10.2. The standard InChI is InChI=1S/C22H33N5O2/c1-4-29-21-9-6-5-8-20(21)26-14-12-25(13-15-26)17-22(28)23-10-7-11-27-19(3)16-18(2)24-27/h5-6,8-9,16H,4,7,10-15,17H2,1-3H3,(H,23,28). The van der Waals surface area contributed by atoms with E-state index in [0.29, 0.717) is 19.7 Å². The van der Waals surface area contributed by atoms with E-state index in [1.54, 1.807) is 0 Å². The summed E-state index contributed by atoms with van der Waals surface area (Å²) in [4.78, 5) is 16.8. The van der Waals surface area contributed by atoms with Crippen molar-refractivity contribution in [3.05, 3.63) is 41.7 Å². The average Bonchev–Trinajstić information content (AvgIpc) is 3.04. The molecule has 2 heterocycles. The van der Waals surface area contributed by atoms with Crippen LogP contribution in [0.5, 0.6) is 5.75 Å². The molecular formula is C22H33N5O2. The summed E-state index contributed by atoms with van der Waals surface area (Å²) in [6.07, 6.45) is 0.885. The summed E-state index contributed by atoms with van der Waals surface area (Å²) >= 11 is 0. The van der Waals surface area contributed by atoms with Crippen molar-refractivity contribution in [2.24, 2.45) is 0 Å². The summed E-state index contributed by atoms with van der Waals surface area (Å²) < 4.78 is 7.75. The molecule has 7 nitrogen and oxygen atoms in total. The van der Waals surface area contributed by atoms with Crippen LogP contribution in [0, 0.1) is 13.8 Å². The highest BCUT2D eigenvalue weighted by Crippen LogP contribution is 2.28. The summed E-state index contributed by atoms with van der Waals surface area (Å²) in [5.41, 5.74) is 3.34. The average molecular weight is 400 g/mol. The third-order valence-corrected chi connectivity index (χ3v) is 5.22. The molecule has 0 saturated carbocycles. The van der Waals surface area contributed by atoms with Gasteiger partial charge < -0.3 is 15.0 Å². The van der Waals surface area contributed by atoms with Gasteiger partial charge in [-0.05, 0) is 45.4 Å². The van der Waals surface area contributed by atoms with Crippen LogP contribution in [0.4, 0.5) is 5.69 Å². The fraction of sp³-hybridized carbons (Fsp3) is 0.545. The first-order chi connectivity index (χ1) is 14.1. The minimum atomic E-state index is 0.0986. The number of hydrogen-bond acceptors (Lipinski definition) is 5. The van der Waals surface area contributed by atoms with Crippen LogP contribution in [0.2, 0.25) is 0 Å². The lowest BCUT2D eigenvalue weighted by Crippen LogP contribution is -2.49. The molecule has 3 rings (SSSR count). The van der Waals surface area contributed by atoms with Crippen molar-refractivity contribution >= 4 is 11.6 Å². The zero-order valence-electron chi connectivity index (χ0n) is 17.9. The Hall–Kier alpha value is -2.54. The maximum absolute atomic E-state index is 12.3. The van der Waals surface area contributed by atoms with Gasteiger partial charge in [0.1, 0.15) is 5.75 Å². The number of aromatic nitrogens is 2.